The van der Waals surface area contributed by atoms with Crippen LogP contribution in [-0.2, 0) is 11.4 Å². The van der Waals surface area contributed by atoms with Gasteiger partial charge in [-0.25, -0.2) is 0 Å². The predicted molar refractivity (Wildman–Crippen MR) is 127 cm³/mol. The number of nitrogens with zero attached hydrogens (tertiary/aromatic N) is 4. The van der Waals surface area contributed by atoms with Gasteiger partial charge in [-0.1, -0.05) is 29.5 Å². The number of aryl methyl sites for hydroxylation is 1. The summed E-state index contributed by atoms with van der Waals surface area (Å²) in [6, 6.07) is 15.6. The van der Waals surface area contributed by atoms with Gasteiger partial charge in [0, 0.05) is 18.8 Å². The molecule has 3 rings (SSSR count). The van der Waals surface area contributed by atoms with Crippen LogP contribution in [0.25, 0.3) is 5.69 Å². The van der Waals surface area contributed by atoms with Crippen molar-refractivity contribution < 1.29 is 14.3 Å². The van der Waals surface area contributed by atoms with Crippen molar-refractivity contribution in [2.75, 3.05) is 25.4 Å². The Labute approximate surface area is 193 Å². The fraction of sp³-hybridized carbons (Fsp3) is 0.375. The van der Waals surface area contributed by atoms with Crippen LogP contribution in [0.3, 0.4) is 0 Å². The van der Waals surface area contributed by atoms with E-state index < -0.39 is 0 Å². The van der Waals surface area contributed by atoms with E-state index in [4.69, 9.17) is 9.47 Å². The molecule has 1 aromatic heterocycles. The number of benzene rings is 2. The van der Waals surface area contributed by atoms with Gasteiger partial charge in [0.1, 0.15) is 18.1 Å². The number of amides is 1. The number of rotatable bonds is 11. The molecule has 0 fully saturated rings. The van der Waals surface area contributed by atoms with Gasteiger partial charge in [0.05, 0.1) is 12.4 Å². The second kappa shape index (κ2) is 11.6. The van der Waals surface area contributed by atoms with Crippen LogP contribution in [0, 0.1) is 6.92 Å². The van der Waals surface area contributed by atoms with Crippen LogP contribution >= 0.6 is 11.8 Å². The summed E-state index contributed by atoms with van der Waals surface area (Å²) in [6.45, 7) is 10.2. The van der Waals surface area contributed by atoms with Gasteiger partial charge in [0.25, 0.3) is 0 Å². The topological polar surface area (TPSA) is 69.5 Å². The van der Waals surface area contributed by atoms with Gasteiger partial charge in [-0.15, -0.1) is 10.2 Å². The molecule has 0 aliphatic rings. The van der Waals surface area contributed by atoms with Crippen molar-refractivity contribution in [2.45, 2.75) is 39.5 Å². The summed E-state index contributed by atoms with van der Waals surface area (Å²) in [5.74, 6) is 2.61. The molecular formula is C24H30N4O3S. The van der Waals surface area contributed by atoms with Crippen molar-refractivity contribution in [1.82, 2.24) is 19.7 Å². The minimum atomic E-state index is 0.0821. The second-order valence-corrected chi connectivity index (χ2v) is 8.06. The van der Waals surface area contributed by atoms with E-state index in [1.165, 1.54) is 17.3 Å². The SMILES string of the molecule is CCOc1ccc(-n2c(COc3ccc(C)cc3)nnc2SCC(=O)N(CC)CC)cc1. The summed E-state index contributed by atoms with van der Waals surface area (Å²) >= 11 is 1.38. The zero-order valence-electron chi connectivity index (χ0n) is 19.1. The molecule has 0 radical (unpaired) electrons. The molecule has 32 heavy (non-hydrogen) atoms. The van der Waals surface area contributed by atoms with Crippen LogP contribution in [0.15, 0.2) is 53.7 Å². The lowest BCUT2D eigenvalue weighted by atomic mass is 10.2. The summed E-state index contributed by atoms with van der Waals surface area (Å²) in [7, 11) is 0. The van der Waals surface area contributed by atoms with Crippen molar-refractivity contribution >= 4 is 17.7 Å². The summed E-state index contributed by atoms with van der Waals surface area (Å²) in [6.07, 6.45) is 0. The van der Waals surface area contributed by atoms with E-state index in [-0.39, 0.29) is 12.5 Å². The molecule has 0 spiro atoms. The maximum Gasteiger partial charge on any atom is 0.233 e. The number of aromatic nitrogens is 3. The van der Waals surface area contributed by atoms with Crippen LogP contribution < -0.4 is 9.47 Å². The third-order valence-electron chi connectivity index (χ3n) is 4.94. The zero-order valence-corrected chi connectivity index (χ0v) is 19.9. The lowest BCUT2D eigenvalue weighted by Crippen LogP contribution is -2.31. The van der Waals surface area contributed by atoms with Crippen LogP contribution in [0.4, 0.5) is 0 Å². The Bertz CT molecular complexity index is 999. The number of carbonyl (C=O) groups excluding carboxylic acids is 1. The smallest absolute Gasteiger partial charge is 0.233 e. The molecule has 0 atom stereocenters. The molecule has 1 heterocycles. The highest BCUT2D eigenvalue weighted by Crippen LogP contribution is 2.25. The highest BCUT2D eigenvalue weighted by molar-refractivity contribution is 7.99. The van der Waals surface area contributed by atoms with Gasteiger partial charge in [0.15, 0.2) is 11.0 Å². The molecule has 8 heteroatoms. The van der Waals surface area contributed by atoms with Crippen molar-refractivity contribution in [3.63, 3.8) is 0 Å². The van der Waals surface area contributed by atoms with Crippen LogP contribution in [0.2, 0.25) is 0 Å². The molecule has 0 bridgehead atoms. The lowest BCUT2D eigenvalue weighted by molar-refractivity contribution is -0.127. The van der Waals surface area contributed by atoms with Crippen molar-refractivity contribution in [3.8, 4) is 17.2 Å². The number of ether oxygens (including phenoxy) is 2. The molecule has 0 aliphatic heterocycles. The monoisotopic (exact) mass is 454 g/mol. The first-order chi connectivity index (χ1) is 15.5. The van der Waals surface area contributed by atoms with Gasteiger partial charge in [-0.3, -0.25) is 9.36 Å². The summed E-state index contributed by atoms with van der Waals surface area (Å²) < 4.78 is 13.4. The van der Waals surface area contributed by atoms with Gasteiger partial charge in [-0.2, -0.15) is 0 Å². The lowest BCUT2D eigenvalue weighted by Gasteiger charge is -2.18. The third kappa shape index (κ3) is 6.03. The van der Waals surface area contributed by atoms with E-state index in [1.54, 1.807) is 0 Å². The molecule has 2 aromatic carbocycles. The highest BCUT2D eigenvalue weighted by Gasteiger charge is 2.18. The van der Waals surface area contributed by atoms with Crippen molar-refractivity contribution in [3.05, 3.63) is 59.9 Å². The first-order valence-corrected chi connectivity index (χ1v) is 11.8. The fourth-order valence-electron chi connectivity index (χ4n) is 3.18. The molecule has 0 aliphatic carbocycles. The largest absolute Gasteiger partial charge is 0.494 e. The van der Waals surface area contributed by atoms with Gasteiger partial charge in [0.2, 0.25) is 5.91 Å². The van der Waals surface area contributed by atoms with Crippen LogP contribution in [0.1, 0.15) is 32.2 Å². The second-order valence-electron chi connectivity index (χ2n) is 7.12. The van der Waals surface area contributed by atoms with Crippen LogP contribution in [-0.4, -0.2) is 51.0 Å². The van der Waals surface area contributed by atoms with E-state index in [0.717, 1.165) is 17.2 Å². The minimum absolute atomic E-state index is 0.0821. The van der Waals surface area contributed by atoms with Crippen molar-refractivity contribution in [1.29, 1.82) is 0 Å². The van der Waals surface area contributed by atoms with E-state index in [1.807, 2.05) is 85.7 Å². The van der Waals surface area contributed by atoms with E-state index in [0.29, 0.717) is 36.4 Å². The molecule has 170 valence electrons. The summed E-state index contributed by atoms with van der Waals surface area (Å²) in [5.41, 5.74) is 2.06. The Kier molecular flexibility index (Phi) is 8.56. The molecule has 0 unspecified atom stereocenters. The predicted octanol–water partition coefficient (Wildman–Crippen LogP) is 4.51. The number of thioether (sulfide) groups is 1. The fourth-order valence-corrected chi connectivity index (χ4v) is 4.05. The molecule has 3 aromatic rings. The molecule has 1 amide bonds. The summed E-state index contributed by atoms with van der Waals surface area (Å²) in [4.78, 5) is 14.3. The number of carbonyl (C=O) groups is 1. The highest BCUT2D eigenvalue weighted by atomic mass is 32.2. The Balaban J connectivity index is 1.83. The maximum absolute atomic E-state index is 12.5. The van der Waals surface area contributed by atoms with E-state index in [9.17, 15) is 4.79 Å². The number of hydrogen-bond acceptors (Lipinski definition) is 6. The Morgan fingerprint density at radius 2 is 1.56 bits per heavy atom. The average Bonchev–Trinajstić information content (AvgIpc) is 3.21. The Hall–Kier alpha value is -3.00. The zero-order chi connectivity index (χ0) is 22.9. The Morgan fingerprint density at radius 3 is 2.19 bits per heavy atom. The molecule has 0 saturated carbocycles. The van der Waals surface area contributed by atoms with E-state index >= 15 is 0 Å². The van der Waals surface area contributed by atoms with Gasteiger partial charge < -0.3 is 14.4 Å². The molecule has 7 nitrogen and oxygen atoms in total. The van der Waals surface area contributed by atoms with Crippen LogP contribution in [0.5, 0.6) is 11.5 Å². The standard InChI is InChI=1S/C24H30N4O3S/c1-5-27(6-2)23(29)17-32-24-26-25-22(16-31-21-12-8-18(4)9-13-21)28(24)19-10-14-20(15-11-19)30-7-3/h8-15H,5-7,16-17H2,1-4H3. The Morgan fingerprint density at radius 1 is 0.938 bits per heavy atom. The molecular weight excluding hydrogens is 424 g/mol. The summed E-state index contributed by atoms with van der Waals surface area (Å²) in [5, 5.41) is 9.36. The molecule has 0 N–H and O–H groups in total. The van der Waals surface area contributed by atoms with E-state index in [2.05, 4.69) is 10.2 Å². The van der Waals surface area contributed by atoms with Crippen molar-refractivity contribution in [2.24, 2.45) is 0 Å². The third-order valence-corrected chi connectivity index (χ3v) is 5.85. The van der Waals surface area contributed by atoms with Gasteiger partial charge in [-0.05, 0) is 64.1 Å². The quantitative estimate of drug-likeness (QED) is 0.397. The minimum Gasteiger partial charge on any atom is -0.494 e. The van der Waals surface area contributed by atoms with Gasteiger partial charge >= 0.3 is 0 Å². The first-order valence-electron chi connectivity index (χ1n) is 10.8. The maximum atomic E-state index is 12.5. The molecule has 0 saturated heterocycles. The average molecular weight is 455 g/mol. The normalized spacial score (nSPS) is 10.8. The first kappa shape index (κ1) is 23.7. The number of hydrogen-bond donors (Lipinski definition) is 0.